The van der Waals surface area contributed by atoms with E-state index in [4.69, 9.17) is 17.8 Å². The number of esters is 2. The third kappa shape index (κ3) is 6.11. The molecule has 0 aliphatic rings. The van der Waals surface area contributed by atoms with E-state index in [-0.39, 0.29) is 15.5 Å². The maximum atomic E-state index is 12.8. The van der Waals surface area contributed by atoms with Crippen molar-refractivity contribution < 1.29 is 44.3 Å². The van der Waals surface area contributed by atoms with Crippen LogP contribution in [0.3, 0.4) is 0 Å². The van der Waals surface area contributed by atoms with Crippen LogP contribution in [0.1, 0.15) is 13.8 Å². The summed E-state index contributed by atoms with van der Waals surface area (Å²) in [4.78, 5) is 22.7. The number of carbonyl (C=O) groups is 2. The van der Waals surface area contributed by atoms with E-state index >= 15 is 0 Å². The van der Waals surface area contributed by atoms with Crippen LogP contribution in [0.15, 0.2) is 82.6 Å². The SMILES string of the molecule is CC(=O)Oc1cc(OS(=O)(=O)c2ccccc2)c(OC(C)=O)c(OS(=O)(=O)c2ccccc2)c1. The molecule has 3 aromatic rings. The van der Waals surface area contributed by atoms with Crippen molar-refractivity contribution in [1.29, 1.82) is 0 Å². The van der Waals surface area contributed by atoms with Gasteiger partial charge in [0.1, 0.15) is 15.5 Å². The van der Waals surface area contributed by atoms with Gasteiger partial charge in [-0.05, 0) is 24.3 Å². The van der Waals surface area contributed by atoms with Crippen molar-refractivity contribution in [3.05, 3.63) is 72.8 Å². The van der Waals surface area contributed by atoms with Crippen LogP contribution in [0, 0.1) is 0 Å². The van der Waals surface area contributed by atoms with Crippen LogP contribution in [0.25, 0.3) is 0 Å². The fourth-order valence-electron chi connectivity index (χ4n) is 2.65. The summed E-state index contributed by atoms with van der Waals surface area (Å²) in [7, 11) is -8.93. The van der Waals surface area contributed by atoms with Gasteiger partial charge in [0.05, 0.1) is 0 Å². The van der Waals surface area contributed by atoms with Crippen LogP contribution in [0.4, 0.5) is 0 Å². The van der Waals surface area contributed by atoms with Crippen molar-refractivity contribution in [3.8, 4) is 23.0 Å². The number of carbonyl (C=O) groups excluding carboxylic acids is 2. The molecule has 0 atom stereocenters. The molecule has 178 valence electrons. The predicted octanol–water partition coefficient (Wildman–Crippen LogP) is 3.07. The summed E-state index contributed by atoms with van der Waals surface area (Å²) >= 11 is 0. The standard InChI is InChI=1S/C22H18O10S2/c1-15(23)29-17-13-20(31-33(25,26)18-9-5-3-6-10-18)22(30-16(2)24)21(14-17)32-34(27,28)19-11-7-4-8-12-19/h3-14H,1-2H3. The molecular formula is C22H18O10S2. The lowest BCUT2D eigenvalue weighted by Gasteiger charge is -2.16. The van der Waals surface area contributed by atoms with Gasteiger partial charge in [0.25, 0.3) is 0 Å². The van der Waals surface area contributed by atoms with Crippen molar-refractivity contribution in [3.63, 3.8) is 0 Å². The first kappa shape index (κ1) is 24.7. The summed E-state index contributed by atoms with van der Waals surface area (Å²) in [6.45, 7) is 2.08. The molecule has 3 aromatic carbocycles. The van der Waals surface area contributed by atoms with Crippen molar-refractivity contribution in [2.75, 3.05) is 0 Å². The Labute approximate surface area is 195 Å². The van der Waals surface area contributed by atoms with Crippen molar-refractivity contribution in [1.82, 2.24) is 0 Å². The molecule has 0 saturated heterocycles. The molecule has 0 amide bonds. The zero-order valence-corrected chi connectivity index (χ0v) is 19.5. The fourth-order valence-corrected chi connectivity index (χ4v) is 4.55. The topological polar surface area (TPSA) is 139 Å². The van der Waals surface area contributed by atoms with E-state index in [2.05, 4.69) is 0 Å². The van der Waals surface area contributed by atoms with Gasteiger partial charge in [-0.1, -0.05) is 36.4 Å². The Hall–Kier alpha value is -3.90. The average molecular weight is 507 g/mol. The van der Waals surface area contributed by atoms with Gasteiger partial charge >= 0.3 is 32.2 Å². The lowest BCUT2D eigenvalue weighted by Crippen LogP contribution is -2.15. The van der Waals surface area contributed by atoms with E-state index in [1.165, 1.54) is 48.5 Å². The summed E-state index contributed by atoms with van der Waals surface area (Å²) in [6, 6.07) is 15.9. The van der Waals surface area contributed by atoms with E-state index in [1.54, 1.807) is 12.1 Å². The first-order valence-electron chi connectivity index (χ1n) is 9.52. The number of rotatable bonds is 8. The Balaban J connectivity index is 2.17. The van der Waals surface area contributed by atoms with Crippen molar-refractivity contribution in [2.45, 2.75) is 23.6 Å². The number of hydrogen-bond acceptors (Lipinski definition) is 10. The van der Waals surface area contributed by atoms with Gasteiger partial charge in [0.2, 0.25) is 5.75 Å². The number of hydrogen-bond donors (Lipinski definition) is 0. The molecule has 12 heteroatoms. The van der Waals surface area contributed by atoms with Crippen LogP contribution in [-0.4, -0.2) is 28.8 Å². The Bertz CT molecular complexity index is 1320. The monoisotopic (exact) mass is 506 g/mol. The molecule has 34 heavy (non-hydrogen) atoms. The van der Waals surface area contributed by atoms with Crippen molar-refractivity contribution >= 4 is 32.2 Å². The maximum absolute atomic E-state index is 12.8. The first-order valence-corrected chi connectivity index (χ1v) is 12.3. The highest BCUT2D eigenvalue weighted by molar-refractivity contribution is 7.87. The summed E-state index contributed by atoms with van der Waals surface area (Å²) < 4.78 is 71.3. The van der Waals surface area contributed by atoms with E-state index in [9.17, 15) is 26.4 Å². The first-order chi connectivity index (χ1) is 16.0. The second-order valence-corrected chi connectivity index (χ2v) is 9.73. The minimum Gasteiger partial charge on any atom is -0.426 e. The third-order valence-corrected chi connectivity index (χ3v) is 6.46. The number of ether oxygens (including phenoxy) is 2. The highest BCUT2D eigenvalue weighted by Crippen LogP contribution is 2.44. The zero-order valence-electron chi connectivity index (χ0n) is 17.8. The second kappa shape index (κ2) is 9.93. The number of benzene rings is 3. The predicted molar refractivity (Wildman–Crippen MR) is 118 cm³/mol. The van der Waals surface area contributed by atoms with Crippen LogP contribution in [0.2, 0.25) is 0 Å². The Morgan fingerprint density at radius 3 is 1.35 bits per heavy atom. The molecule has 0 aliphatic heterocycles. The molecule has 0 aromatic heterocycles. The smallest absolute Gasteiger partial charge is 0.339 e. The summed E-state index contributed by atoms with van der Waals surface area (Å²) in [5.74, 6) is -3.98. The minimum atomic E-state index is -4.47. The van der Waals surface area contributed by atoms with Gasteiger partial charge in [-0.3, -0.25) is 9.59 Å². The molecule has 0 unspecified atom stereocenters. The van der Waals surface area contributed by atoms with Gasteiger partial charge in [0, 0.05) is 26.0 Å². The Morgan fingerprint density at radius 1 is 0.618 bits per heavy atom. The Morgan fingerprint density at radius 2 is 1.00 bits per heavy atom. The quantitative estimate of drug-likeness (QED) is 0.254. The van der Waals surface area contributed by atoms with Gasteiger partial charge in [-0.2, -0.15) is 16.8 Å². The van der Waals surface area contributed by atoms with Gasteiger partial charge in [-0.15, -0.1) is 0 Å². The molecule has 0 bridgehead atoms. The molecule has 0 radical (unpaired) electrons. The van der Waals surface area contributed by atoms with Crippen LogP contribution in [-0.2, 0) is 29.8 Å². The van der Waals surface area contributed by atoms with E-state index < -0.39 is 49.4 Å². The van der Waals surface area contributed by atoms with E-state index in [0.29, 0.717) is 0 Å². The van der Waals surface area contributed by atoms with Gasteiger partial charge in [0.15, 0.2) is 11.5 Å². The van der Waals surface area contributed by atoms with Crippen LogP contribution >= 0.6 is 0 Å². The van der Waals surface area contributed by atoms with Crippen molar-refractivity contribution in [2.24, 2.45) is 0 Å². The zero-order chi connectivity index (χ0) is 24.9. The molecule has 10 nitrogen and oxygen atoms in total. The average Bonchev–Trinajstić information content (AvgIpc) is 2.76. The highest BCUT2D eigenvalue weighted by Gasteiger charge is 2.28. The summed E-state index contributed by atoms with van der Waals surface area (Å²) in [5, 5.41) is 0. The summed E-state index contributed by atoms with van der Waals surface area (Å²) in [6.07, 6.45) is 0. The largest absolute Gasteiger partial charge is 0.426 e. The fraction of sp³-hybridized carbons (Fsp3) is 0.0909. The maximum Gasteiger partial charge on any atom is 0.339 e. The molecule has 0 fully saturated rings. The van der Waals surface area contributed by atoms with E-state index in [0.717, 1.165) is 26.0 Å². The second-order valence-electron chi connectivity index (χ2n) is 6.64. The third-order valence-electron chi connectivity index (χ3n) is 3.96. The highest BCUT2D eigenvalue weighted by atomic mass is 32.2. The molecule has 0 aliphatic carbocycles. The van der Waals surface area contributed by atoms with Crippen LogP contribution < -0.4 is 17.8 Å². The van der Waals surface area contributed by atoms with Gasteiger partial charge in [-0.25, -0.2) is 0 Å². The molecular weight excluding hydrogens is 488 g/mol. The molecule has 0 heterocycles. The lowest BCUT2D eigenvalue weighted by molar-refractivity contribution is -0.133. The minimum absolute atomic E-state index is 0.235. The molecule has 0 spiro atoms. The molecule has 3 rings (SSSR count). The van der Waals surface area contributed by atoms with E-state index in [1.807, 2.05) is 0 Å². The normalized spacial score (nSPS) is 11.4. The summed E-state index contributed by atoms with van der Waals surface area (Å²) in [5.41, 5.74) is 0. The van der Waals surface area contributed by atoms with Crippen LogP contribution in [0.5, 0.6) is 23.0 Å². The molecule has 0 N–H and O–H groups in total. The van der Waals surface area contributed by atoms with Gasteiger partial charge < -0.3 is 17.8 Å². The lowest BCUT2D eigenvalue weighted by atomic mass is 10.2. The molecule has 0 saturated carbocycles. The Kier molecular flexibility index (Phi) is 7.23.